The van der Waals surface area contributed by atoms with Crippen LogP contribution in [-0.4, -0.2) is 35.5 Å². The Kier molecular flexibility index (Phi) is 8.81. The number of esters is 1. The lowest BCUT2D eigenvalue weighted by Gasteiger charge is -2.32. The maximum Gasteiger partial charge on any atom is 0.331 e. The first-order chi connectivity index (χ1) is 14.8. The van der Waals surface area contributed by atoms with E-state index in [0.717, 1.165) is 38.0 Å². The van der Waals surface area contributed by atoms with E-state index in [-0.39, 0.29) is 0 Å². The molecule has 0 aliphatic heterocycles. The minimum absolute atomic E-state index is 0.375. The molecule has 9 heteroatoms. The number of nitrogens with two attached hydrogens (primary N) is 1. The number of nitrogens with one attached hydrogen (secondary N) is 1. The van der Waals surface area contributed by atoms with Crippen LogP contribution >= 0.6 is 43.2 Å². The van der Waals surface area contributed by atoms with Gasteiger partial charge >= 0.3 is 5.97 Å². The van der Waals surface area contributed by atoms with Crippen molar-refractivity contribution in [2.75, 3.05) is 18.2 Å². The molecule has 6 nitrogen and oxygen atoms in total. The van der Waals surface area contributed by atoms with Crippen molar-refractivity contribution in [3.63, 3.8) is 0 Å². The largest absolute Gasteiger partial charge is 0.496 e. The van der Waals surface area contributed by atoms with Gasteiger partial charge in [-0.1, -0.05) is 28.1 Å². The van der Waals surface area contributed by atoms with E-state index in [2.05, 4.69) is 43.2 Å². The molecule has 2 aromatic rings. The maximum atomic E-state index is 13.0. The first-order valence-corrected chi connectivity index (χ1v) is 12.9. The molecule has 0 bridgehead atoms. The van der Waals surface area contributed by atoms with Crippen molar-refractivity contribution in [3.8, 4) is 5.75 Å². The van der Waals surface area contributed by atoms with Gasteiger partial charge in [-0.25, -0.2) is 4.79 Å². The Bertz CT molecular complexity index is 1000. The number of benzene rings is 1. The van der Waals surface area contributed by atoms with Crippen molar-refractivity contribution in [1.82, 2.24) is 5.32 Å². The summed E-state index contributed by atoms with van der Waals surface area (Å²) in [5.41, 5.74) is 7.21. The zero-order valence-corrected chi connectivity index (χ0v) is 23.2. The highest BCUT2D eigenvalue weighted by Crippen LogP contribution is 2.35. The SMILES string of the molecule is COc1ccc(CC(C)(C)OC(=O)C(C)(C)NC(=O)c2c(N)sc(Br)c2C)cc1CCBr. The number of aryl methyl sites for hydroxylation is 1. The molecule has 0 saturated heterocycles. The Morgan fingerprint density at radius 1 is 1.22 bits per heavy atom. The predicted octanol–water partition coefficient (Wildman–Crippen LogP) is 5.42. The molecule has 0 fully saturated rings. The smallest absolute Gasteiger partial charge is 0.331 e. The summed E-state index contributed by atoms with van der Waals surface area (Å²) in [6.45, 7) is 8.76. The molecule has 1 heterocycles. The second kappa shape index (κ2) is 10.6. The standard InChI is InChI=1S/C23H30Br2N2O4S/c1-13-17(19(26)32-18(13)25)20(28)27-23(4,5)21(29)31-22(2,3)12-14-7-8-16(30-6)15(11-14)9-10-24/h7-8,11H,9-10,12,26H2,1-6H3,(H,27,28). The van der Waals surface area contributed by atoms with E-state index in [0.29, 0.717) is 17.0 Å². The molecule has 0 radical (unpaired) electrons. The quantitative estimate of drug-likeness (QED) is 0.301. The summed E-state index contributed by atoms with van der Waals surface area (Å²) in [5.74, 6) is -0.0895. The molecule has 32 heavy (non-hydrogen) atoms. The van der Waals surface area contributed by atoms with E-state index in [9.17, 15) is 9.59 Å². The van der Waals surface area contributed by atoms with Crippen molar-refractivity contribution < 1.29 is 19.1 Å². The van der Waals surface area contributed by atoms with Gasteiger partial charge in [0, 0.05) is 11.8 Å². The highest BCUT2D eigenvalue weighted by Gasteiger charge is 2.37. The summed E-state index contributed by atoms with van der Waals surface area (Å²) in [6.07, 6.45) is 1.35. The second-order valence-electron chi connectivity index (χ2n) is 8.73. The third-order valence-corrected chi connectivity index (χ3v) is 7.37. The summed E-state index contributed by atoms with van der Waals surface area (Å²) >= 11 is 8.15. The second-order valence-corrected chi connectivity index (χ2v) is 11.9. The van der Waals surface area contributed by atoms with Crippen LogP contribution in [0.1, 0.15) is 54.7 Å². The normalized spacial score (nSPS) is 11.9. The summed E-state index contributed by atoms with van der Waals surface area (Å²) in [7, 11) is 1.65. The highest BCUT2D eigenvalue weighted by atomic mass is 79.9. The molecule has 3 N–H and O–H groups in total. The lowest BCUT2D eigenvalue weighted by Crippen LogP contribution is -2.53. The average Bonchev–Trinajstić information content (AvgIpc) is 2.93. The van der Waals surface area contributed by atoms with Gasteiger partial charge in [0.25, 0.3) is 5.91 Å². The third kappa shape index (κ3) is 6.48. The Balaban J connectivity index is 2.12. The van der Waals surface area contributed by atoms with E-state index >= 15 is 0 Å². The molecule has 0 saturated carbocycles. The van der Waals surface area contributed by atoms with Gasteiger partial charge in [0.1, 0.15) is 16.9 Å². The molecule has 2 rings (SSSR count). The first kappa shape index (κ1) is 26.7. The fraction of sp³-hybridized carbons (Fsp3) is 0.478. The lowest BCUT2D eigenvalue weighted by molar-refractivity contribution is -0.162. The minimum Gasteiger partial charge on any atom is -0.496 e. The molecule has 1 amide bonds. The fourth-order valence-corrected chi connectivity index (χ4v) is 5.28. The number of halogens is 2. The Labute approximate surface area is 210 Å². The summed E-state index contributed by atoms with van der Waals surface area (Å²) in [5, 5.41) is 3.99. The topological polar surface area (TPSA) is 90.6 Å². The molecule has 0 unspecified atom stereocenters. The molecular formula is C23H30Br2N2O4S. The Hall–Kier alpha value is -1.58. The molecule has 0 atom stereocenters. The number of methoxy groups -OCH3 is 1. The van der Waals surface area contributed by atoms with Gasteiger partial charge in [-0.05, 0) is 79.7 Å². The number of amides is 1. The van der Waals surface area contributed by atoms with Crippen LogP contribution in [0, 0.1) is 6.92 Å². The molecule has 0 aliphatic carbocycles. The molecular weight excluding hydrogens is 560 g/mol. The van der Waals surface area contributed by atoms with E-state index in [1.807, 2.05) is 26.0 Å². The van der Waals surface area contributed by atoms with Crippen molar-refractivity contribution in [2.45, 2.75) is 58.6 Å². The summed E-state index contributed by atoms with van der Waals surface area (Å²) in [6, 6.07) is 5.97. The number of hydrogen-bond donors (Lipinski definition) is 2. The zero-order valence-electron chi connectivity index (χ0n) is 19.2. The van der Waals surface area contributed by atoms with E-state index in [4.69, 9.17) is 15.2 Å². The summed E-state index contributed by atoms with van der Waals surface area (Å²) < 4.78 is 12.1. The molecule has 1 aromatic heterocycles. The van der Waals surface area contributed by atoms with Gasteiger partial charge in [-0.3, -0.25) is 4.79 Å². The van der Waals surface area contributed by atoms with Gasteiger partial charge in [0.15, 0.2) is 0 Å². The zero-order chi connectivity index (χ0) is 24.3. The van der Waals surface area contributed by atoms with Crippen LogP contribution in [0.2, 0.25) is 0 Å². The van der Waals surface area contributed by atoms with Crippen LogP contribution in [0.15, 0.2) is 22.0 Å². The highest BCUT2D eigenvalue weighted by molar-refractivity contribution is 9.11. The molecule has 1 aromatic carbocycles. The summed E-state index contributed by atoms with van der Waals surface area (Å²) in [4.78, 5) is 25.8. The van der Waals surface area contributed by atoms with E-state index < -0.39 is 23.0 Å². The third-order valence-electron chi connectivity index (χ3n) is 4.99. The molecule has 0 spiro atoms. The van der Waals surface area contributed by atoms with Crippen molar-refractivity contribution in [2.24, 2.45) is 0 Å². The van der Waals surface area contributed by atoms with Crippen molar-refractivity contribution >= 4 is 60.1 Å². The van der Waals surface area contributed by atoms with Gasteiger partial charge in [-0.2, -0.15) is 0 Å². The monoisotopic (exact) mass is 588 g/mol. The Morgan fingerprint density at radius 2 is 1.88 bits per heavy atom. The van der Waals surface area contributed by atoms with Crippen LogP contribution in [0.25, 0.3) is 0 Å². The number of carbonyl (C=O) groups excluding carboxylic acids is 2. The first-order valence-electron chi connectivity index (χ1n) is 10.1. The number of anilines is 1. The van der Waals surface area contributed by atoms with Crippen LogP contribution in [0.3, 0.4) is 0 Å². The van der Waals surface area contributed by atoms with Crippen molar-refractivity contribution in [3.05, 3.63) is 44.2 Å². The number of ether oxygens (including phenoxy) is 2. The number of alkyl halides is 1. The Morgan fingerprint density at radius 3 is 2.41 bits per heavy atom. The van der Waals surface area contributed by atoms with Gasteiger partial charge in [0.05, 0.1) is 21.5 Å². The maximum absolute atomic E-state index is 13.0. The fourth-order valence-electron chi connectivity index (χ4n) is 3.33. The predicted molar refractivity (Wildman–Crippen MR) is 137 cm³/mol. The van der Waals surface area contributed by atoms with Gasteiger partial charge in [-0.15, -0.1) is 11.3 Å². The van der Waals surface area contributed by atoms with Crippen LogP contribution in [-0.2, 0) is 22.4 Å². The lowest BCUT2D eigenvalue weighted by atomic mass is 9.95. The van der Waals surface area contributed by atoms with Crippen molar-refractivity contribution in [1.29, 1.82) is 0 Å². The number of thiophene rings is 1. The minimum atomic E-state index is -1.23. The van der Waals surface area contributed by atoms with Gasteiger partial charge in [0.2, 0.25) is 0 Å². The van der Waals surface area contributed by atoms with Gasteiger partial charge < -0.3 is 20.5 Å². The molecule has 176 valence electrons. The molecule has 0 aliphatic rings. The number of nitrogen functional groups attached to an aromatic ring is 1. The van der Waals surface area contributed by atoms with Crippen LogP contribution in [0.5, 0.6) is 5.75 Å². The van der Waals surface area contributed by atoms with E-state index in [1.54, 1.807) is 27.9 Å². The van der Waals surface area contributed by atoms with E-state index in [1.165, 1.54) is 11.3 Å². The number of carbonyl (C=O) groups is 2. The van der Waals surface area contributed by atoms with Crippen LogP contribution < -0.4 is 15.8 Å². The van der Waals surface area contributed by atoms with Crippen LogP contribution in [0.4, 0.5) is 5.00 Å². The average molecular weight is 590 g/mol. The number of hydrogen-bond acceptors (Lipinski definition) is 6. The number of rotatable bonds is 9.